The number of carbonyl (C=O) groups excluding carboxylic acids is 3. The molecule has 146 valence electrons. The van der Waals surface area contributed by atoms with E-state index >= 15 is 0 Å². The number of esters is 1. The molecule has 0 N–H and O–H groups in total. The van der Waals surface area contributed by atoms with Gasteiger partial charge in [-0.05, 0) is 32.0 Å². The van der Waals surface area contributed by atoms with Gasteiger partial charge in [0, 0.05) is 25.1 Å². The lowest BCUT2D eigenvalue weighted by Gasteiger charge is -2.20. The SMILES string of the molecule is C=C(C)CN(CC)C(=O)COC(=O)CCC(=O)c1ccc2c(c1)OCCO2. The molecule has 1 aliphatic heterocycles. The predicted octanol–water partition coefficient (Wildman–Crippen LogP) is 2.39. The first-order valence-electron chi connectivity index (χ1n) is 8.91. The van der Waals surface area contributed by atoms with E-state index in [9.17, 15) is 14.4 Å². The summed E-state index contributed by atoms with van der Waals surface area (Å²) in [4.78, 5) is 37.7. The molecule has 0 spiro atoms. The van der Waals surface area contributed by atoms with Gasteiger partial charge in [-0.15, -0.1) is 0 Å². The number of rotatable bonds is 9. The Morgan fingerprint density at radius 2 is 1.85 bits per heavy atom. The van der Waals surface area contributed by atoms with E-state index in [1.165, 1.54) is 0 Å². The van der Waals surface area contributed by atoms with E-state index in [0.29, 0.717) is 43.4 Å². The zero-order chi connectivity index (χ0) is 19.8. The van der Waals surface area contributed by atoms with Crippen molar-refractivity contribution in [3.63, 3.8) is 0 Å². The first kappa shape index (κ1) is 20.5. The number of amides is 1. The van der Waals surface area contributed by atoms with Gasteiger partial charge in [0.15, 0.2) is 23.9 Å². The number of nitrogens with zero attached hydrogens (tertiary/aromatic N) is 1. The minimum absolute atomic E-state index is 0.00404. The van der Waals surface area contributed by atoms with Gasteiger partial charge in [0.25, 0.3) is 5.91 Å². The fourth-order valence-corrected chi connectivity index (χ4v) is 2.58. The fourth-order valence-electron chi connectivity index (χ4n) is 2.58. The number of fused-ring (bicyclic) bond motifs is 1. The normalized spacial score (nSPS) is 12.2. The van der Waals surface area contributed by atoms with Gasteiger partial charge in [0.05, 0.1) is 6.42 Å². The number of hydrogen-bond acceptors (Lipinski definition) is 6. The molecule has 0 radical (unpaired) electrons. The molecule has 0 aromatic heterocycles. The number of ketones is 1. The molecule has 1 aliphatic rings. The summed E-state index contributed by atoms with van der Waals surface area (Å²) in [6.45, 7) is 8.95. The molecule has 2 rings (SSSR count). The molecule has 0 bridgehead atoms. The van der Waals surface area contributed by atoms with Crippen LogP contribution in [0.3, 0.4) is 0 Å². The Labute approximate surface area is 158 Å². The third-order valence-corrected chi connectivity index (χ3v) is 3.97. The van der Waals surface area contributed by atoms with Crippen LogP contribution >= 0.6 is 0 Å². The Hall–Kier alpha value is -2.83. The van der Waals surface area contributed by atoms with Gasteiger partial charge in [-0.2, -0.15) is 0 Å². The Morgan fingerprint density at radius 1 is 1.15 bits per heavy atom. The molecular formula is C20H25NO6. The van der Waals surface area contributed by atoms with Crippen LogP contribution in [0.4, 0.5) is 0 Å². The van der Waals surface area contributed by atoms with E-state index in [2.05, 4.69) is 6.58 Å². The maximum Gasteiger partial charge on any atom is 0.306 e. The number of benzene rings is 1. The third kappa shape index (κ3) is 6.13. The highest BCUT2D eigenvalue weighted by Crippen LogP contribution is 2.31. The van der Waals surface area contributed by atoms with Crippen LogP contribution in [0.1, 0.15) is 37.0 Å². The average Bonchev–Trinajstić information content (AvgIpc) is 2.67. The lowest BCUT2D eigenvalue weighted by molar-refractivity contribution is -0.151. The molecule has 1 aromatic carbocycles. The van der Waals surface area contributed by atoms with E-state index in [1.54, 1.807) is 23.1 Å². The van der Waals surface area contributed by atoms with Gasteiger partial charge >= 0.3 is 5.97 Å². The smallest absolute Gasteiger partial charge is 0.306 e. The predicted molar refractivity (Wildman–Crippen MR) is 99.0 cm³/mol. The first-order chi connectivity index (χ1) is 12.9. The molecule has 1 aromatic rings. The molecule has 7 nitrogen and oxygen atoms in total. The van der Waals surface area contributed by atoms with Gasteiger partial charge in [-0.3, -0.25) is 14.4 Å². The minimum Gasteiger partial charge on any atom is -0.486 e. The standard InChI is InChI=1S/C20H25NO6/c1-4-21(12-14(2)3)19(23)13-27-20(24)8-6-16(22)15-5-7-17-18(11-15)26-10-9-25-17/h5,7,11H,2,4,6,8-10,12-13H2,1,3H3. The van der Waals surface area contributed by atoms with E-state index in [4.69, 9.17) is 14.2 Å². The van der Waals surface area contributed by atoms with Crippen LogP contribution in [-0.2, 0) is 14.3 Å². The van der Waals surface area contributed by atoms with Gasteiger partial charge < -0.3 is 19.1 Å². The van der Waals surface area contributed by atoms with E-state index in [-0.39, 0.29) is 31.1 Å². The molecule has 0 saturated carbocycles. The second kappa shape index (κ2) is 9.75. The van der Waals surface area contributed by atoms with Crippen molar-refractivity contribution < 1.29 is 28.6 Å². The summed E-state index contributed by atoms with van der Waals surface area (Å²) in [5, 5.41) is 0. The monoisotopic (exact) mass is 375 g/mol. The Morgan fingerprint density at radius 3 is 2.52 bits per heavy atom. The molecule has 1 heterocycles. The molecule has 0 aliphatic carbocycles. The maximum atomic E-state index is 12.3. The summed E-state index contributed by atoms with van der Waals surface area (Å²) in [6.07, 6.45) is -0.0942. The summed E-state index contributed by atoms with van der Waals surface area (Å²) in [5.41, 5.74) is 1.29. The van der Waals surface area contributed by atoms with Crippen LogP contribution in [0.5, 0.6) is 11.5 Å². The molecule has 0 unspecified atom stereocenters. The van der Waals surface area contributed by atoms with Crippen LogP contribution < -0.4 is 9.47 Å². The molecular weight excluding hydrogens is 350 g/mol. The van der Waals surface area contributed by atoms with Gasteiger partial charge in [0.1, 0.15) is 13.2 Å². The van der Waals surface area contributed by atoms with Crippen molar-refractivity contribution in [2.24, 2.45) is 0 Å². The largest absolute Gasteiger partial charge is 0.486 e. The van der Waals surface area contributed by atoms with Crippen molar-refractivity contribution in [1.29, 1.82) is 0 Å². The number of Topliss-reactive ketones (excluding diaryl/α,β-unsaturated/α-hetero) is 1. The minimum atomic E-state index is -0.583. The number of hydrogen-bond donors (Lipinski definition) is 0. The van der Waals surface area contributed by atoms with E-state index in [1.807, 2.05) is 13.8 Å². The summed E-state index contributed by atoms with van der Waals surface area (Å²) in [7, 11) is 0. The molecule has 0 saturated heterocycles. The number of ether oxygens (including phenoxy) is 3. The highest BCUT2D eigenvalue weighted by Gasteiger charge is 2.17. The topological polar surface area (TPSA) is 82.1 Å². The number of carbonyl (C=O) groups is 3. The summed E-state index contributed by atoms with van der Waals surface area (Å²) >= 11 is 0. The number of likely N-dealkylation sites (N-methyl/N-ethyl adjacent to an activating group) is 1. The summed E-state index contributed by atoms with van der Waals surface area (Å²) in [5.74, 6) is 0.0590. The second-order valence-corrected chi connectivity index (χ2v) is 6.31. The Bertz CT molecular complexity index is 727. The molecule has 0 atom stereocenters. The highest BCUT2D eigenvalue weighted by atomic mass is 16.6. The van der Waals surface area contributed by atoms with Crippen LogP contribution in [0.15, 0.2) is 30.4 Å². The van der Waals surface area contributed by atoms with Crippen molar-refractivity contribution in [1.82, 2.24) is 4.90 Å². The zero-order valence-corrected chi connectivity index (χ0v) is 15.8. The van der Waals surface area contributed by atoms with Crippen LogP contribution in [0.2, 0.25) is 0 Å². The van der Waals surface area contributed by atoms with Crippen molar-refractivity contribution in [3.05, 3.63) is 35.9 Å². The van der Waals surface area contributed by atoms with Gasteiger partial charge in [-0.25, -0.2) is 0 Å². The second-order valence-electron chi connectivity index (χ2n) is 6.31. The quantitative estimate of drug-likeness (QED) is 0.374. The lowest BCUT2D eigenvalue weighted by Crippen LogP contribution is -2.35. The van der Waals surface area contributed by atoms with Crippen molar-refractivity contribution in [3.8, 4) is 11.5 Å². The highest BCUT2D eigenvalue weighted by molar-refractivity contribution is 5.98. The van der Waals surface area contributed by atoms with Crippen LogP contribution in [0.25, 0.3) is 0 Å². The van der Waals surface area contributed by atoms with Gasteiger partial charge in [-0.1, -0.05) is 12.2 Å². The van der Waals surface area contributed by atoms with Crippen LogP contribution in [-0.4, -0.2) is 55.5 Å². The lowest BCUT2D eigenvalue weighted by atomic mass is 10.1. The van der Waals surface area contributed by atoms with E-state index < -0.39 is 5.97 Å². The maximum absolute atomic E-state index is 12.3. The fraction of sp³-hybridized carbons (Fsp3) is 0.450. The zero-order valence-electron chi connectivity index (χ0n) is 15.8. The Kier molecular flexibility index (Phi) is 7.40. The molecule has 7 heteroatoms. The summed E-state index contributed by atoms with van der Waals surface area (Å²) < 4.78 is 15.8. The van der Waals surface area contributed by atoms with Crippen molar-refractivity contribution in [2.75, 3.05) is 32.9 Å². The average molecular weight is 375 g/mol. The van der Waals surface area contributed by atoms with Crippen molar-refractivity contribution in [2.45, 2.75) is 26.7 Å². The molecule has 27 heavy (non-hydrogen) atoms. The first-order valence-corrected chi connectivity index (χ1v) is 8.91. The van der Waals surface area contributed by atoms with Crippen molar-refractivity contribution >= 4 is 17.7 Å². The van der Waals surface area contributed by atoms with Crippen LogP contribution in [0, 0.1) is 0 Å². The Balaban J connectivity index is 1.78. The third-order valence-electron chi connectivity index (χ3n) is 3.97. The van der Waals surface area contributed by atoms with E-state index in [0.717, 1.165) is 5.57 Å². The molecule has 0 fully saturated rings. The molecule has 1 amide bonds. The van der Waals surface area contributed by atoms with Gasteiger partial charge in [0.2, 0.25) is 0 Å². The summed E-state index contributed by atoms with van der Waals surface area (Å²) in [6, 6.07) is 4.93.